The zero-order chi connectivity index (χ0) is 9.97. The van der Waals surface area contributed by atoms with Gasteiger partial charge >= 0.3 is 0 Å². The van der Waals surface area contributed by atoms with Gasteiger partial charge in [-0.2, -0.15) is 0 Å². The van der Waals surface area contributed by atoms with Gasteiger partial charge in [0, 0.05) is 13.1 Å². The first-order chi connectivity index (χ1) is 6.75. The number of hydrogen-bond acceptors (Lipinski definition) is 1. The van der Waals surface area contributed by atoms with Gasteiger partial charge in [0.25, 0.3) is 0 Å². The lowest BCUT2D eigenvalue weighted by Crippen LogP contribution is -2.16. The Kier molecular flexibility index (Phi) is 2.58. The van der Waals surface area contributed by atoms with Crippen molar-refractivity contribution in [2.45, 2.75) is 20.4 Å². The highest BCUT2D eigenvalue weighted by atomic mass is 15.1. The van der Waals surface area contributed by atoms with Crippen LogP contribution in [0.25, 0.3) is 0 Å². The summed E-state index contributed by atoms with van der Waals surface area (Å²) >= 11 is 0. The first-order valence-corrected chi connectivity index (χ1v) is 5.22. The highest BCUT2D eigenvalue weighted by Crippen LogP contribution is 2.21. The van der Waals surface area contributed by atoms with E-state index in [4.69, 9.17) is 0 Å². The molecule has 0 spiro atoms. The van der Waals surface area contributed by atoms with Gasteiger partial charge in [-0.15, -0.1) is 0 Å². The third-order valence-electron chi connectivity index (χ3n) is 2.90. The van der Waals surface area contributed by atoms with Crippen molar-refractivity contribution >= 4 is 0 Å². The normalized spacial score (nSPS) is 21.1. The molecule has 0 radical (unpaired) electrons. The first-order valence-electron chi connectivity index (χ1n) is 5.22. The van der Waals surface area contributed by atoms with Crippen LogP contribution < -0.4 is 0 Å². The molecule has 0 bridgehead atoms. The summed E-state index contributed by atoms with van der Waals surface area (Å²) in [6.45, 7) is 6.72. The van der Waals surface area contributed by atoms with Crippen LogP contribution in [0.2, 0.25) is 0 Å². The summed E-state index contributed by atoms with van der Waals surface area (Å²) in [5.41, 5.74) is 2.89. The molecule has 0 saturated heterocycles. The topological polar surface area (TPSA) is 3.24 Å². The average molecular weight is 187 g/mol. The van der Waals surface area contributed by atoms with Gasteiger partial charge in [0.1, 0.15) is 0 Å². The minimum atomic E-state index is 0.721. The van der Waals surface area contributed by atoms with Crippen LogP contribution in [0.15, 0.2) is 42.1 Å². The number of benzene rings is 1. The summed E-state index contributed by atoms with van der Waals surface area (Å²) in [6, 6.07) is 10.6. The van der Waals surface area contributed by atoms with Crippen LogP contribution in [0.4, 0.5) is 0 Å². The Morgan fingerprint density at radius 3 is 2.57 bits per heavy atom. The summed E-state index contributed by atoms with van der Waals surface area (Å²) in [7, 11) is 0. The number of rotatable bonds is 2. The van der Waals surface area contributed by atoms with Gasteiger partial charge in [-0.3, -0.25) is 0 Å². The summed E-state index contributed by atoms with van der Waals surface area (Å²) < 4.78 is 0. The summed E-state index contributed by atoms with van der Waals surface area (Å²) in [4.78, 5) is 2.40. The van der Waals surface area contributed by atoms with Crippen LogP contribution in [-0.2, 0) is 6.54 Å². The standard InChI is InChI=1S/C13H17N/c1-11-8-14(9-12(11)2)10-13-6-4-3-5-7-13/h3-8,12H,9-10H2,1-2H3. The molecule has 1 unspecified atom stereocenters. The maximum atomic E-state index is 2.40. The Morgan fingerprint density at radius 1 is 1.29 bits per heavy atom. The summed E-state index contributed by atoms with van der Waals surface area (Å²) in [6.07, 6.45) is 2.29. The Bertz CT molecular complexity index is 326. The second-order valence-electron chi connectivity index (χ2n) is 4.19. The number of nitrogens with zero attached hydrogens (tertiary/aromatic N) is 1. The maximum Gasteiger partial charge on any atom is 0.0424 e. The highest BCUT2D eigenvalue weighted by Gasteiger charge is 2.16. The monoisotopic (exact) mass is 187 g/mol. The molecule has 0 N–H and O–H groups in total. The third-order valence-corrected chi connectivity index (χ3v) is 2.90. The smallest absolute Gasteiger partial charge is 0.0424 e. The Hall–Kier alpha value is -1.24. The quantitative estimate of drug-likeness (QED) is 0.688. The van der Waals surface area contributed by atoms with Crippen LogP contribution in [0, 0.1) is 5.92 Å². The molecule has 1 heteroatoms. The molecular formula is C13H17N. The minimum Gasteiger partial charge on any atom is -0.373 e. The molecule has 0 amide bonds. The molecule has 1 nitrogen and oxygen atoms in total. The van der Waals surface area contributed by atoms with Crippen molar-refractivity contribution in [3.63, 3.8) is 0 Å². The molecule has 0 saturated carbocycles. The minimum absolute atomic E-state index is 0.721. The molecule has 1 heterocycles. The molecule has 1 atom stereocenters. The Labute approximate surface area is 86.1 Å². The molecule has 1 aromatic rings. The van der Waals surface area contributed by atoms with E-state index in [0.29, 0.717) is 0 Å². The van der Waals surface area contributed by atoms with Crippen LogP contribution in [0.1, 0.15) is 19.4 Å². The Morgan fingerprint density at radius 2 is 2.00 bits per heavy atom. The lowest BCUT2D eigenvalue weighted by atomic mass is 10.1. The van der Waals surface area contributed by atoms with Gasteiger partial charge in [-0.1, -0.05) is 42.8 Å². The molecule has 0 aromatic heterocycles. The van der Waals surface area contributed by atoms with E-state index in [1.165, 1.54) is 17.7 Å². The lowest BCUT2D eigenvalue weighted by Gasteiger charge is -2.16. The van der Waals surface area contributed by atoms with Gasteiger partial charge < -0.3 is 4.90 Å². The fraction of sp³-hybridized carbons (Fsp3) is 0.385. The van der Waals surface area contributed by atoms with E-state index in [2.05, 4.69) is 55.3 Å². The van der Waals surface area contributed by atoms with E-state index in [-0.39, 0.29) is 0 Å². The lowest BCUT2D eigenvalue weighted by molar-refractivity contribution is 0.369. The van der Waals surface area contributed by atoms with Crippen molar-refractivity contribution in [3.05, 3.63) is 47.7 Å². The second-order valence-corrected chi connectivity index (χ2v) is 4.19. The maximum absolute atomic E-state index is 2.40. The molecule has 1 aliphatic heterocycles. The molecule has 0 aliphatic carbocycles. The first kappa shape index (κ1) is 9.32. The van der Waals surface area contributed by atoms with Crippen molar-refractivity contribution in [2.75, 3.05) is 6.54 Å². The van der Waals surface area contributed by atoms with Crippen LogP contribution in [-0.4, -0.2) is 11.4 Å². The molecule has 14 heavy (non-hydrogen) atoms. The van der Waals surface area contributed by atoms with Crippen molar-refractivity contribution in [1.82, 2.24) is 4.90 Å². The predicted octanol–water partition coefficient (Wildman–Crippen LogP) is 3.04. The van der Waals surface area contributed by atoms with Crippen molar-refractivity contribution in [3.8, 4) is 0 Å². The summed E-state index contributed by atoms with van der Waals surface area (Å²) in [5, 5.41) is 0. The molecule has 74 valence electrons. The van der Waals surface area contributed by atoms with Crippen LogP contribution >= 0.6 is 0 Å². The van der Waals surface area contributed by atoms with Gasteiger partial charge in [0.15, 0.2) is 0 Å². The number of hydrogen-bond donors (Lipinski definition) is 0. The molecule has 1 aliphatic rings. The van der Waals surface area contributed by atoms with Gasteiger partial charge in [-0.05, 0) is 24.6 Å². The van der Waals surface area contributed by atoms with E-state index >= 15 is 0 Å². The fourth-order valence-electron chi connectivity index (χ4n) is 1.89. The van der Waals surface area contributed by atoms with E-state index in [0.717, 1.165) is 12.5 Å². The van der Waals surface area contributed by atoms with Gasteiger partial charge in [-0.25, -0.2) is 0 Å². The van der Waals surface area contributed by atoms with E-state index < -0.39 is 0 Å². The molecular weight excluding hydrogens is 170 g/mol. The largest absolute Gasteiger partial charge is 0.373 e. The predicted molar refractivity (Wildman–Crippen MR) is 59.8 cm³/mol. The zero-order valence-electron chi connectivity index (χ0n) is 8.90. The van der Waals surface area contributed by atoms with E-state index in [1.807, 2.05) is 0 Å². The van der Waals surface area contributed by atoms with Gasteiger partial charge in [0.05, 0.1) is 0 Å². The summed E-state index contributed by atoms with van der Waals surface area (Å²) in [5.74, 6) is 0.721. The highest BCUT2D eigenvalue weighted by molar-refractivity contribution is 5.17. The third kappa shape index (κ3) is 1.98. The zero-order valence-corrected chi connectivity index (χ0v) is 8.90. The van der Waals surface area contributed by atoms with Crippen molar-refractivity contribution in [2.24, 2.45) is 5.92 Å². The van der Waals surface area contributed by atoms with E-state index in [1.54, 1.807) is 0 Å². The van der Waals surface area contributed by atoms with Crippen molar-refractivity contribution < 1.29 is 0 Å². The molecule has 1 aromatic carbocycles. The SMILES string of the molecule is CC1=CN(Cc2ccccc2)CC1C. The second kappa shape index (κ2) is 3.87. The molecule has 2 rings (SSSR count). The van der Waals surface area contributed by atoms with E-state index in [9.17, 15) is 0 Å². The van der Waals surface area contributed by atoms with Crippen molar-refractivity contribution in [1.29, 1.82) is 0 Å². The Balaban J connectivity index is 2.01. The molecule has 0 fully saturated rings. The average Bonchev–Trinajstić information content (AvgIpc) is 2.47. The fourth-order valence-corrected chi connectivity index (χ4v) is 1.89. The van der Waals surface area contributed by atoms with Gasteiger partial charge in [0.2, 0.25) is 0 Å². The van der Waals surface area contributed by atoms with Crippen LogP contribution in [0.3, 0.4) is 0 Å². The van der Waals surface area contributed by atoms with Crippen LogP contribution in [0.5, 0.6) is 0 Å².